The Bertz CT molecular complexity index is 148. The standard InChI is InChI=1S/C7H14N2O3/c1-11-4-5-12-9-7(10)8-6-2-3-6/h6H,2-5H2,1H3,(H2,8,9,10). The van der Waals surface area contributed by atoms with E-state index in [0.29, 0.717) is 19.3 Å². The summed E-state index contributed by atoms with van der Waals surface area (Å²) in [6.45, 7) is 0.846. The minimum Gasteiger partial charge on any atom is -0.382 e. The molecule has 5 heteroatoms. The first-order chi connectivity index (χ1) is 5.83. The number of amides is 2. The lowest BCUT2D eigenvalue weighted by Gasteiger charge is -2.05. The second-order valence-corrected chi connectivity index (χ2v) is 2.69. The Balaban J connectivity index is 1.87. The second kappa shape index (κ2) is 4.95. The number of hydrogen-bond donors (Lipinski definition) is 2. The maximum atomic E-state index is 10.9. The molecular weight excluding hydrogens is 160 g/mol. The third-order valence-corrected chi connectivity index (χ3v) is 1.47. The first-order valence-electron chi connectivity index (χ1n) is 4.00. The second-order valence-electron chi connectivity index (χ2n) is 2.69. The number of nitrogens with one attached hydrogen (secondary N) is 2. The SMILES string of the molecule is COCCONC(=O)NC1CC1. The molecule has 0 saturated heterocycles. The van der Waals surface area contributed by atoms with Crippen molar-refractivity contribution in [3.05, 3.63) is 0 Å². The van der Waals surface area contributed by atoms with Gasteiger partial charge in [0.25, 0.3) is 0 Å². The number of urea groups is 1. The molecule has 1 aliphatic rings. The molecule has 0 aliphatic heterocycles. The normalized spacial score (nSPS) is 15.8. The Hall–Kier alpha value is -0.810. The third-order valence-electron chi connectivity index (χ3n) is 1.47. The average Bonchev–Trinajstić information content (AvgIpc) is 2.82. The van der Waals surface area contributed by atoms with Gasteiger partial charge in [-0.05, 0) is 12.8 Å². The minimum atomic E-state index is -0.270. The van der Waals surface area contributed by atoms with E-state index in [9.17, 15) is 4.79 Å². The van der Waals surface area contributed by atoms with E-state index in [0.717, 1.165) is 12.8 Å². The van der Waals surface area contributed by atoms with Crippen molar-refractivity contribution < 1.29 is 14.4 Å². The van der Waals surface area contributed by atoms with Crippen LogP contribution >= 0.6 is 0 Å². The number of hydrogen-bond acceptors (Lipinski definition) is 3. The zero-order chi connectivity index (χ0) is 8.81. The van der Waals surface area contributed by atoms with Crippen molar-refractivity contribution in [1.29, 1.82) is 0 Å². The zero-order valence-electron chi connectivity index (χ0n) is 7.13. The van der Waals surface area contributed by atoms with Crippen LogP contribution in [0.3, 0.4) is 0 Å². The molecule has 2 N–H and O–H groups in total. The summed E-state index contributed by atoms with van der Waals surface area (Å²) in [4.78, 5) is 15.6. The number of hydroxylamine groups is 1. The monoisotopic (exact) mass is 174 g/mol. The molecule has 0 aromatic heterocycles. The van der Waals surface area contributed by atoms with Gasteiger partial charge in [0.1, 0.15) is 0 Å². The van der Waals surface area contributed by atoms with Gasteiger partial charge in [-0.15, -0.1) is 0 Å². The molecular formula is C7H14N2O3. The van der Waals surface area contributed by atoms with Crippen molar-refractivity contribution in [2.75, 3.05) is 20.3 Å². The summed E-state index contributed by atoms with van der Waals surface area (Å²) in [7, 11) is 1.58. The number of carbonyl (C=O) groups excluding carboxylic acids is 1. The van der Waals surface area contributed by atoms with Gasteiger partial charge >= 0.3 is 6.03 Å². The Labute approximate surface area is 71.4 Å². The summed E-state index contributed by atoms with van der Waals surface area (Å²) >= 11 is 0. The van der Waals surface area contributed by atoms with Gasteiger partial charge in [-0.2, -0.15) is 0 Å². The minimum absolute atomic E-state index is 0.270. The fourth-order valence-electron chi connectivity index (χ4n) is 0.684. The van der Waals surface area contributed by atoms with Crippen LogP contribution in [0.5, 0.6) is 0 Å². The van der Waals surface area contributed by atoms with Crippen LogP contribution in [0.15, 0.2) is 0 Å². The predicted octanol–water partition coefficient (Wildman–Crippen LogP) is 0.0260. The summed E-state index contributed by atoms with van der Waals surface area (Å²) in [5, 5.41) is 2.71. The summed E-state index contributed by atoms with van der Waals surface area (Å²) in [6, 6.07) is 0.0876. The van der Waals surface area contributed by atoms with Crippen molar-refractivity contribution in [2.24, 2.45) is 0 Å². The van der Waals surface area contributed by atoms with Crippen molar-refractivity contribution in [1.82, 2.24) is 10.8 Å². The topological polar surface area (TPSA) is 59.6 Å². The van der Waals surface area contributed by atoms with E-state index >= 15 is 0 Å². The first-order valence-corrected chi connectivity index (χ1v) is 4.00. The molecule has 0 heterocycles. The molecule has 1 aliphatic carbocycles. The van der Waals surface area contributed by atoms with Crippen molar-refractivity contribution >= 4 is 6.03 Å². The lowest BCUT2D eigenvalue weighted by Crippen LogP contribution is -2.37. The van der Waals surface area contributed by atoms with Crippen LogP contribution in [-0.2, 0) is 9.57 Å². The molecule has 0 aromatic rings. The highest BCUT2D eigenvalue weighted by Gasteiger charge is 2.22. The molecule has 0 unspecified atom stereocenters. The van der Waals surface area contributed by atoms with Crippen molar-refractivity contribution in [2.45, 2.75) is 18.9 Å². The number of carbonyl (C=O) groups is 1. The summed E-state index contributed by atoms with van der Waals surface area (Å²) in [5.41, 5.74) is 2.26. The predicted molar refractivity (Wildman–Crippen MR) is 42.5 cm³/mol. The van der Waals surface area contributed by atoms with Crippen LogP contribution in [0.1, 0.15) is 12.8 Å². The summed E-state index contributed by atoms with van der Waals surface area (Å²) < 4.78 is 4.72. The van der Waals surface area contributed by atoms with Crippen LogP contribution < -0.4 is 10.8 Å². The smallest absolute Gasteiger partial charge is 0.338 e. The molecule has 0 spiro atoms. The highest BCUT2D eigenvalue weighted by atomic mass is 16.7. The molecule has 5 nitrogen and oxygen atoms in total. The maximum Gasteiger partial charge on any atom is 0.338 e. The van der Waals surface area contributed by atoms with E-state index in [1.807, 2.05) is 0 Å². The zero-order valence-corrected chi connectivity index (χ0v) is 7.13. The average molecular weight is 174 g/mol. The van der Waals surface area contributed by atoms with Gasteiger partial charge in [0.15, 0.2) is 0 Å². The molecule has 1 rings (SSSR count). The molecule has 1 saturated carbocycles. The van der Waals surface area contributed by atoms with E-state index in [1.165, 1.54) is 0 Å². The Morgan fingerprint density at radius 2 is 2.25 bits per heavy atom. The van der Waals surface area contributed by atoms with E-state index in [2.05, 4.69) is 10.8 Å². The highest BCUT2D eigenvalue weighted by molar-refractivity contribution is 5.73. The largest absolute Gasteiger partial charge is 0.382 e. The van der Waals surface area contributed by atoms with Crippen LogP contribution in [-0.4, -0.2) is 32.4 Å². The molecule has 2 amide bonds. The van der Waals surface area contributed by atoms with Gasteiger partial charge < -0.3 is 10.1 Å². The quantitative estimate of drug-likeness (QED) is 0.456. The van der Waals surface area contributed by atoms with Crippen LogP contribution in [0, 0.1) is 0 Å². The lowest BCUT2D eigenvalue weighted by atomic mass is 10.7. The van der Waals surface area contributed by atoms with Gasteiger partial charge in [-0.1, -0.05) is 0 Å². The fraction of sp³-hybridized carbons (Fsp3) is 0.857. The number of methoxy groups -OCH3 is 1. The molecule has 1 fully saturated rings. The van der Waals surface area contributed by atoms with Crippen LogP contribution in [0.4, 0.5) is 4.79 Å². The van der Waals surface area contributed by atoms with Gasteiger partial charge in [-0.3, -0.25) is 4.84 Å². The molecule has 0 bridgehead atoms. The molecule has 70 valence electrons. The molecule has 0 aromatic carbocycles. The van der Waals surface area contributed by atoms with Crippen LogP contribution in [0.25, 0.3) is 0 Å². The van der Waals surface area contributed by atoms with Crippen LogP contribution in [0.2, 0.25) is 0 Å². The molecule has 12 heavy (non-hydrogen) atoms. The third kappa shape index (κ3) is 4.15. The Kier molecular flexibility index (Phi) is 3.83. The Morgan fingerprint density at radius 3 is 2.83 bits per heavy atom. The van der Waals surface area contributed by atoms with E-state index in [-0.39, 0.29) is 6.03 Å². The van der Waals surface area contributed by atoms with Gasteiger partial charge in [-0.25, -0.2) is 10.3 Å². The van der Waals surface area contributed by atoms with Gasteiger partial charge in [0.2, 0.25) is 0 Å². The maximum absolute atomic E-state index is 10.9. The van der Waals surface area contributed by atoms with E-state index in [4.69, 9.17) is 9.57 Å². The molecule has 0 atom stereocenters. The fourth-order valence-corrected chi connectivity index (χ4v) is 0.684. The Morgan fingerprint density at radius 1 is 1.50 bits per heavy atom. The van der Waals surface area contributed by atoms with Crippen molar-refractivity contribution in [3.63, 3.8) is 0 Å². The highest BCUT2D eigenvalue weighted by Crippen LogP contribution is 2.17. The summed E-state index contributed by atoms with van der Waals surface area (Å²) in [6.07, 6.45) is 2.15. The first kappa shape index (κ1) is 9.28. The van der Waals surface area contributed by atoms with Gasteiger partial charge in [0, 0.05) is 13.2 Å². The molecule has 0 radical (unpaired) electrons. The van der Waals surface area contributed by atoms with Gasteiger partial charge in [0.05, 0.1) is 13.2 Å². The van der Waals surface area contributed by atoms with E-state index in [1.54, 1.807) is 7.11 Å². The number of rotatable bonds is 5. The summed E-state index contributed by atoms with van der Waals surface area (Å²) in [5.74, 6) is 0. The van der Waals surface area contributed by atoms with E-state index < -0.39 is 0 Å². The lowest BCUT2D eigenvalue weighted by molar-refractivity contribution is 0.0241. The number of ether oxygens (including phenoxy) is 1. The van der Waals surface area contributed by atoms with Crippen molar-refractivity contribution in [3.8, 4) is 0 Å².